The Hall–Kier alpha value is -1.65. The van der Waals surface area contributed by atoms with E-state index in [4.69, 9.17) is 9.47 Å². The van der Waals surface area contributed by atoms with Crippen LogP contribution < -0.4 is 15.4 Å². The molecule has 2 N–H and O–H groups in total. The van der Waals surface area contributed by atoms with Gasteiger partial charge in [0.25, 0.3) is 0 Å². The van der Waals surface area contributed by atoms with Crippen LogP contribution >= 0.6 is 23.5 Å². The monoisotopic (exact) mass is 415 g/mol. The van der Waals surface area contributed by atoms with Crippen LogP contribution in [0, 0.1) is 0 Å². The van der Waals surface area contributed by atoms with E-state index < -0.39 is 11.1 Å². The molecule has 1 aromatic carbocycles. The molecule has 0 amide bonds. The van der Waals surface area contributed by atoms with Crippen molar-refractivity contribution >= 4 is 35.2 Å². The Morgan fingerprint density at radius 3 is 2.81 bits per heavy atom. The maximum atomic E-state index is 11.3. The molecule has 0 radical (unpaired) electrons. The van der Waals surface area contributed by atoms with Crippen molar-refractivity contribution in [3.05, 3.63) is 29.8 Å². The first-order chi connectivity index (χ1) is 12.7. The fourth-order valence-electron chi connectivity index (χ4n) is 2.76. The van der Waals surface area contributed by atoms with E-state index in [1.54, 1.807) is 7.05 Å². The van der Waals surface area contributed by atoms with Crippen molar-refractivity contribution in [2.24, 2.45) is 0 Å². The summed E-state index contributed by atoms with van der Waals surface area (Å²) >= 11 is -1.52. The molecular formula is C17H26ClN5O3S. The topological polar surface area (TPSA) is 94.6 Å². The molecule has 1 aliphatic heterocycles. The Morgan fingerprint density at radius 2 is 2.04 bits per heavy atom. The van der Waals surface area contributed by atoms with E-state index in [2.05, 4.69) is 36.4 Å². The molecule has 2 heterocycles. The van der Waals surface area contributed by atoms with Crippen LogP contribution in [-0.4, -0.2) is 64.7 Å². The maximum Gasteiger partial charge on any atom is 0.232 e. The molecule has 0 aliphatic carbocycles. The van der Waals surface area contributed by atoms with Crippen LogP contribution in [0.25, 0.3) is 0 Å². The van der Waals surface area contributed by atoms with Crippen LogP contribution in [0.2, 0.25) is 0 Å². The average Bonchev–Trinajstić information content (AvgIpc) is 3.02. The Kier molecular flexibility index (Phi) is 9.02. The molecule has 0 saturated carbocycles. The lowest BCUT2D eigenvalue weighted by molar-refractivity contribution is 0.0341. The Bertz CT molecular complexity index is 697. The van der Waals surface area contributed by atoms with Crippen molar-refractivity contribution in [2.45, 2.75) is 13.0 Å². The lowest BCUT2D eigenvalue weighted by atomic mass is 10.2. The zero-order valence-electron chi connectivity index (χ0n) is 15.3. The van der Waals surface area contributed by atoms with Gasteiger partial charge in [-0.15, -0.1) is 12.4 Å². The summed E-state index contributed by atoms with van der Waals surface area (Å²) in [4.78, 5) is 2.39. The minimum absolute atomic E-state index is 0. The molecule has 27 heavy (non-hydrogen) atoms. The largest absolute Gasteiger partial charge is 0.546 e. The molecule has 0 spiro atoms. The second kappa shape index (κ2) is 11.3. The van der Waals surface area contributed by atoms with E-state index >= 15 is 0 Å². The van der Waals surface area contributed by atoms with Crippen molar-refractivity contribution in [2.75, 3.05) is 57.1 Å². The standard InChI is InChI=1S/C17H25N5O3S.ClH/c1-18-16-17(21-26(23)20-16)19-6-3-9-25-15-5-2-4-14(12-15)13-22-7-10-24-11-8-22;/h2,4-5,12H,3,6-11,13H2,1H3,(H,18,20)(H,19,21);1H. The van der Waals surface area contributed by atoms with Crippen molar-refractivity contribution in [3.63, 3.8) is 0 Å². The minimum Gasteiger partial charge on any atom is -0.546 e. The average molecular weight is 416 g/mol. The highest BCUT2D eigenvalue weighted by atomic mass is 35.5. The number of halogens is 1. The number of hydrogen-bond acceptors (Lipinski definition) is 8. The third kappa shape index (κ3) is 6.78. The van der Waals surface area contributed by atoms with Gasteiger partial charge in [0.1, 0.15) is 5.75 Å². The van der Waals surface area contributed by atoms with Gasteiger partial charge in [0, 0.05) is 42.0 Å². The third-order valence-electron chi connectivity index (χ3n) is 4.09. The van der Waals surface area contributed by atoms with E-state index in [9.17, 15) is 4.55 Å². The molecule has 10 heteroatoms. The van der Waals surface area contributed by atoms with Gasteiger partial charge in [-0.25, -0.2) is 0 Å². The second-order valence-corrected chi connectivity index (χ2v) is 6.85. The highest BCUT2D eigenvalue weighted by molar-refractivity contribution is 7.14. The highest BCUT2D eigenvalue weighted by Crippen LogP contribution is 2.21. The summed E-state index contributed by atoms with van der Waals surface area (Å²) in [7, 11) is 1.73. The first-order valence-electron chi connectivity index (χ1n) is 8.78. The molecule has 0 bridgehead atoms. The fraction of sp³-hybridized carbons (Fsp3) is 0.529. The van der Waals surface area contributed by atoms with Crippen LogP contribution in [0.3, 0.4) is 0 Å². The van der Waals surface area contributed by atoms with Crippen molar-refractivity contribution in [1.82, 2.24) is 13.6 Å². The lowest BCUT2D eigenvalue weighted by Gasteiger charge is -2.26. The maximum absolute atomic E-state index is 11.3. The van der Waals surface area contributed by atoms with Gasteiger partial charge in [0.05, 0.1) is 19.8 Å². The van der Waals surface area contributed by atoms with Crippen LogP contribution in [0.5, 0.6) is 5.75 Å². The number of nitrogens with one attached hydrogen (secondary N) is 2. The third-order valence-corrected chi connectivity index (χ3v) is 4.77. The van der Waals surface area contributed by atoms with Gasteiger partial charge in [-0.1, -0.05) is 12.1 Å². The van der Waals surface area contributed by atoms with Gasteiger partial charge in [0.2, 0.25) is 11.6 Å². The van der Waals surface area contributed by atoms with Crippen molar-refractivity contribution in [3.8, 4) is 5.75 Å². The van der Waals surface area contributed by atoms with Crippen molar-refractivity contribution in [1.29, 1.82) is 0 Å². The van der Waals surface area contributed by atoms with Gasteiger partial charge in [-0.2, -0.15) is 0 Å². The van der Waals surface area contributed by atoms with E-state index in [0.717, 1.165) is 45.0 Å². The van der Waals surface area contributed by atoms with Gasteiger partial charge in [0.15, 0.2) is 11.1 Å². The second-order valence-electron chi connectivity index (χ2n) is 6.03. The number of anilines is 2. The van der Waals surface area contributed by atoms with E-state index in [1.807, 2.05) is 12.1 Å². The Balaban J connectivity index is 0.00000261. The summed E-state index contributed by atoms with van der Waals surface area (Å²) in [5, 5.41) is 6.00. The molecular weight excluding hydrogens is 390 g/mol. The lowest BCUT2D eigenvalue weighted by Crippen LogP contribution is -2.35. The Labute approximate surface area is 168 Å². The summed E-state index contributed by atoms with van der Waals surface area (Å²) in [6.07, 6.45) is 0.802. The van der Waals surface area contributed by atoms with Gasteiger partial charge >= 0.3 is 0 Å². The zero-order valence-corrected chi connectivity index (χ0v) is 17.0. The van der Waals surface area contributed by atoms with Crippen LogP contribution in [0.1, 0.15) is 12.0 Å². The molecule has 1 aromatic heterocycles. The van der Waals surface area contributed by atoms with Gasteiger partial charge < -0.3 is 24.7 Å². The molecule has 1 fully saturated rings. The summed E-state index contributed by atoms with van der Waals surface area (Å²) in [6, 6.07) is 8.23. The number of aromatic nitrogens is 2. The zero-order chi connectivity index (χ0) is 18.2. The molecule has 150 valence electrons. The first kappa shape index (κ1) is 21.6. The number of benzene rings is 1. The molecule has 1 atom stereocenters. The quantitative estimate of drug-likeness (QED) is 0.476. The summed E-state index contributed by atoms with van der Waals surface area (Å²) in [6.45, 7) is 5.75. The molecule has 2 aromatic rings. The molecule has 3 rings (SSSR count). The summed E-state index contributed by atoms with van der Waals surface area (Å²) < 4.78 is 30.3. The number of nitrogens with zero attached hydrogens (tertiary/aromatic N) is 3. The molecule has 8 nitrogen and oxygen atoms in total. The fourth-order valence-corrected chi connectivity index (χ4v) is 3.45. The number of morpholine rings is 1. The van der Waals surface area contributed by atoms with Gasteiger partial charge in [-0.3, -0.25) is 4.90 Å². The molecule has 1 saturated heterocycles. The normalized spacial score (nSPS) is 15.1. The smallest absolute Gasteiger partial charge is 0.232 e. The highest BCUT2D eigenvalue weighted by Gasteiger charge is 2.13. The number of hydrogen-bond donors (Lipinski definition) is 2. The predicted octanol–water partition coefficient (Wildman–Crippen LogP) is 2.38. The Morgan fingerprint density at radius 1 is 1.26 bits per heavy atom. The molecule has 1 aliphatic rings. The number of ether oxygens (including phenoxy) is 2. The molecule has 1 unspecified atom stereocenters. The number of rotatable bonds is 9. The predicted molar refractivity (Wildman–Crippen MR) is 109 cm³/mol. The van der Waals surface area contributed by atoms with Crippen molar-refractivity contribution < 1.29 is 14.0 Å². The van der Waals surface area contributed by atoms with Crippen LogP contribution in [0.4, 0.5) is 11.6 Å². The van der Waals surface area contributed by atoms with Gasteiger partial charge in [-0.05, 0) is 24.1 Å². The van der Waals surface area contributed by atoms with Crippen LogP contribution in [0.15, 0.2) is 24.3 Å². The first-order valence-corrected chi connectivity index (χ1v) is 9.84. The minimum atomic E-state index is -1.52. The SMILES string of the molecule is CNc1n[s+]([O-])nc1NCCCOc1cccc(CN2CCOCC2)c1.Cl. The van der Waals surface area contributed by atoms with E-state index in [0.29, 0.717) is 24.8 Å². The summed E-state index contributed by atoms with van der Waals surface area (Å²) in [5.74, 6) is 1.95. The van der Waals surface area contributed by atoms with E-state index in [-0.39, 0.29) is 12.4 Å². The van der Waals surface area contributed by atoms with E-state index in [1.165, 1.54) is 5.56 Å². The van der Waals surface area contributed by atoms with Crippen LogP contribution in [-0.2, 0) is 11.3 Å². The summed E-state index contributed by atoms with van der Waals surface area (Å²) in [5.41, 5.74) is 1.25.